The second-order valence-electron chi connectivity index (χ2n) is 4.40. The molecule has 0 amide bonds. The molecule has 0 aliphatic rings. The first-order valence-electron chi connectivity index (χ1n) is 6.14. The molecule has 0 unspecified atom stereocenters. The van der Waals surface area contributed by atoms with E-state index in [0.29, 0.717) is 12.5 Å². The van der Waals surface area contributed by atoms with E-state index in [-0.39, 0.29) is 0 Å². The van der Waals surface area contributed by atoms with Crippen LogP contribution in [-0.2, 0) is 17.2 Å². The first-order valence-corrected chi connectivity index (χ1v) is 6.67. The highest BCUT2D eigenvalue weighted by atomic mass is 35.5. The van der Waals surface area contributed by atoms with Gasteiger partial charge in [-0.1, -0.05) is 18.2 Å². The summed E-state index contributed by atoms with van der Waals surface area (Å²) in [5, 5.41) is 0. The van der Waals surface area contributed by atoms with Crippen molar-refractivity contribution in [2.75, 3.05) is 7.11 Å². The van der Waals surface area contributed by atoms with Gasteiger partial charge in [0, 0.05) is 13.0 Å². The van der Waals surface area contributed by atoms with Gasteiger partial charge in [0.2, 0.25) is 0 Å². The molecule has 2 aromatic carbocycles. The Bertz CT molecular complexity index is 552. The monoisotopic (exact) mass is 276 g/mol. The zero-order valence-corrected chi connectivity index (χ0v) is 11.9. The zero-order valence-electron chi connectivity index (χ0n) is 11.2. The van der Waals surface area contributed by atoms with Crippen LogP contribution < -0.4 is 4.74 Å². The smallest absolute Gasteiger partial charge is 0.127 e. The van der Waals surface area contributed by atoms with Crippen molar-refractivity contribution in [2.45, 2.75) is 19.4 Å². The Balaban J connectivity index is 2.16. The topological polar surface area (TPSA) is 18.5 Å². The fourth-order valence-corrected chi connectivity index (χ4v) is 2.18. The number of halogens is 1. The number of hydrogen-bond donors (Lipinski definition) is 0. The fourth-order valence-electron chi connectivity index (χ4n) is 1.88. The van der Waals surface area contributed by atoms with Crippen molar-refractivity contribution in [3.05, 3.63) is 59.2 Å². The maximum absolute atomic E-state index is 5.85. The molecule has 0 radical (unpaired) electrons. The van der Waals surface area contributed by atoms with Crippen LogP contribution in [0.3, 0.4) is 0 Å². The normalized spacial score (nSPS) is 10.5. The van der Waals surface area contributed by atoms with Crippen molar-refractivity contribution < 1.29 is 9.47 Å². The van der Waals surface area contributed by atoms with Crippen LogP contribution in [0.4, 0.5) is 0 Å². The maximum atomic E-state index is 5.85. The minimum Gasteiger partial charge on any atom is -0.457 e. The Morgan fingerprint density at radius 3 is 2.53 bits per heavy atom. The molecule has 100 valence electrons. The molecule has 2 rings (SSSR count). The minimum absolute atomic E-state index is 0.523. The summed E-state index contributed by atoms with van der Waals surface area (Å²) in [6.07, 6.45) is 0. The van der Waals surface area contributed by atoms with E-state index < -0.39 is 0 Å². The van der Waals surface area contributed by atoms with Gasteiger partial charge < -0.3 is 9.47 Å². The van der Waals surface area contributed by atoms with Crippen LogP contribution in [0.2, 0.25) is 0 Å². The minimum atomic E-state index is 0.523. The molecule has 3 heteroatoms. The van der Waals surface area contributed by atoms with E-state index in [2.05, 4.69) is 0 Å². The zero-order chi connectivity index (χ0) is 13.7. The van der Waals surface area contributed by atoms with E-state index in [1.165, 1.54) is 0 Å². The molecule has 0 aliphatic heterocycles. The van der Waals surface area contributed by atoms with E-state index in [4.69, 9.17) is 21.1 Å². The molecule has 0 N–H and O–H groups in total. The predicted molar refractivity (Wildman–Crippen MR) is 78.0 cm³/mol. The van der Waals surface area contributed by atoms with Crippen molar-refractivity contribution in [2.24, 2.45) is 0 Å². The van der Waals surface area contributed by atoms with Crippen LogP contribution in [0, 0.1) is 6.92 Å². The van der Waals surface area contributed by atoms with Gasteiger partial charge in [-0.2, -0.15) is 0 Å². The Morgan fingerprint density at radius 1 is 1.05 bits per heavy atom. The lowest BCUT2D eigenvalue weighted by Crippen LogP contribution is -1.91. The third-order valence-corrected chi connectivity index (χ3v) is 3.19. The van der Waals surface area contributed by atoms with Crippen LogP contribution in [0.5, 0.6) is 11.5 Å². The number of aryl methyl sites for hydroxylation is 1. The first-order chi connectivity index (χ1) is 9.22. The van der Waals surface area contributed by atoms with Crippen LogP contribution in [0.25, 0.3) is 0 Å². The molecule has 0 saturated carbocycles. The van der Waals surface area contributed by atoms with Gasteiger partial charge in [-0.15, -0.1) is 11.6 Å². The van der Waals surface area contributed by atoms with Gasteiger partial charge in [0.25, 0.3) is 0 Å². The second kappa shape index (κ2) is 6.60. The summed E-state index contributed by atoms with van der Waals surface area (Å²) in [5.74, 6) is 2.16. The van der Waals surface area contributed by atoms with Gasteiger partial charge in [-0.3, -0.25) is 0 Å². The van der Waals surface area contributed by atoms with Crippen molar-refractivity contribution >= 4 is 11.6 Å². The van der Waals surface area contributed by atoms with Gasteiger partial charge in [0.1, 0.15) is 11.5 Å². The Hall–Kier alpha value is -1.51. The summed E-state index contributed by atoms with van der Waals surface area (Å²) in [6.45, 7) is 2.62. The fraction of sp³-hybridized carbons (Fsp3) is 0.250. The van der Waals surface area contributed by atoms with Crippen LogP contribution in [-0.4, -0.2) is 7.11 Å². The number of alkyl halides is 1. The van der Waals surface area contributed by atoms with E-state index >= 15 is 0 Å². The van der Waals surface area contributed by atoms with Crippen molar-refractivity contribution in [3.63, 3.8) is 0 Å². The van der Waals surface area contributed by atoms with Crippen molar-refractivity contribution in [1.82, 2.24) is 0 Å². The number of benzene rings is 2. The predicted octanol–water partition coefficient (Wildman–Crippen LogP) is 4.67. The number of ether oxygens (including phenoxy) is 2. The highest BCUT2D eigenvalue weighted by Gasteiger charge is 2.02. The van der Waals surface area contributed by atoms with Gasteiger partial charge >= 0.3 is 0 Å². The van der Waals surface area contributed by atoms with Gasteiger partial charge in [-0.25, -0.2) is 0 Å². The molecule has 2 aromatic rings. The van der Waals surface area contributed by atoms with Gasteiger partial charge in [-0.05, 0) is 47.9 Å². The van der Waals surface area contributed by atoms with Crippen LogP contribution in [0.1, 0.15) is 16.7 Å². The Labute approximate surface area is 118 Å². The molecule has 0 fully saturated rings. The molecule has 0 bridgehead atoms. The summed E-state index contributed by atoms with van der Waals surface area (Å²) in [4.78, 5) is 0. The second-order valence-corrected chi connectivity index (χ2v) is 4.67. The lowest BCUT2D eigenvalue weighted by molar-refractivity contribution is 0.184. The number of rotatable bonds is 5. The summed E-state index contributed by atoms with van der Waals surface area (Å²) in [6, 6.07) is 13.8. The summed E-state index contributed by atoms with van der Waals surface area (Å²) >= 11 is 5.85. The lowest BCUT2D eigenvalue weighted by atomic mass is 10.1. The van der Waals surface area contributed by atoms with Crippen LogP contribution in [0.15, 0.2) is 42.5 Å². The molecule has 19 heavy (non-hydrogen) atoms. The van der Waals surface area contributed by atoms with Gasteiger partial charge in [0.05, 0.1) is 6.61 Å². The summed E-state index contributed by atoms with van der Waals surface area (Å²) < 4.78 is 11.0. The standard InChI is InChI=1S/C16H17ClO2/c1-12-8-16(7-6-14(12)10-17)19-15-5-3-4-13(9-15)11-18-2/h3-9H,10-11H2,1-2H3. The quantitative estimate of drug-likeness (QED) is 0.739. The molecule has 0 aromatic heterocycles. The Kier molecular flexibility index (Phi) is 4.83. The number of methoxy groups -OCH3 is 1. The average molecular weight is 277 g/mol. The van der Waals surface area contributed by atoms with E-state index in [1.54, 1.807) is 7.11 Å². The molecule has 0 aliphatic carbocycles. The molecular formula is C16H17ClO2. The summed E-state index contributed by atoms with van der Waals surface area (Å²) in [7, 11) is 1.68. The Morgan fingerprint density at radius 2 is 1.84 bits per heavy atom. The summed E-state index contributed by atoms with van der Waals surface area (Å²) in [5.41, 5.74) is 3.36. The third kappa shape index (κ3) is 3.72. The largest absolute Gasteiger partial charge is 0.457 e. The van der Waals surface area contributed by atoms with E-state index in [0.717, 1.165) is 28.2 Å². The molecular weight excluding hydrogens is 260 g/mol. The van der Waals surface area contributed by atoms with Gasteiger partial charge in [0.15, 0.2) is 0 Å². The van der Waals surface area contributed by atoms with E-state index in [9.17, 15) is 0 Å². The number of hydrogen-bond acceptors (Lipinski definition) is 2. The molecule has 0 heterocycles. The molecule has 0 spiro atoms. The third-order valence-electron chi connectivity index (χ3n) is 2.90. The average Bonchev–Trinajstić information content (AvgIpc) is 2.40. The van der Waals surface area contributed by atoms with Crippen molar-refractivity contribution in [1.29, 1.82) is 0 Å². The maximum Gasteiger partial charge on any atom is 0.127 e. The lowest BCUT2D eigenvalue weighted by Gasteiger charge is -2.09. The first kappa shape index (κ1) is 13.9. The highest BCUT2D eigenvalue weighted by Crippen LogP contribution is 2.25. The molecule has 0 atom stereocenters. The van der Waals surface area contributed by atoms with Crippen LogP contribution >= 0.6 is 11.6 Å². The molecule has 0 saturated heterocycles. The SMILES string of the molecule is COCc1cccc(Oc2ccc(CCl)c(C)c2)c1. The van der Waals surface area contributed by atoms with Crippen molar-refractivity contribution in [3.8, 4) is 11.5 Å². The van der Waals surface area contributed by atoms with E-state index in [1.807, 2.05) is 49.4 Å². The highest BCUT2D eigenvalue weighted by molar-refractivity contribution is 6.17. The molecule has 2 nitrogen and oxygen atoms in total.